The maximum Gasteiger partial charge on any atom is 0.00680 e. The van der Waals surface area contributed by atoms with Gasteiger partial charge in [0.1, 0.15) is 0 Å². The van der Waals surface area contributed by atoms with Crippen LogP contribution in [0.1, 0.15) is 65.7 Å². The Balaban J connectivity index is 1.62. The van der Waals surface area contributed by atoms with Gasteiger partial charge in [0.25, 0.3) is 0 Å². The van der Waals surface area contributed by atoms with E-state index in [-0.39, 0.29) is 0 Å². The van der Waals surface area contributed by atoms with Gasteiger partial charge in [-0.3, -0.25) is 0 Å². The first-order valence-electron chi connectivity index (χ1n) is 9.18. The van der Waals surface area contributed by atoms with Crippen LogP contribution in [-0.4, -0.2) is 37.1 Å². The van der Waals surface area contributed by atoms with Crippen molar-refractivity contribution in [3.8, 4) is 0 Å². The van der Waals surface area contributed by atoms with Crippen molar-refractivity contribution in [1.29, 1.82) is 0 Å². The van der Waals surface area contributed by atoms with E-state index in [0.29, 0.717) is 0 Å². The normalized spacial score (nSPS) is 31.4. The minimum absolute atomic E-state index is 0.720. The lowest BCUT2D eigenvalue weighted by Gasteiger charge is -2.36. The fraction of sp³-hybridized carbons (Fsp3) is 1.00. The van der Waals surface area contributed by atoms with Gasteiger partial charge in [-0.05, 0) is 76.5 Å². The molecule has 0 spiro atoms. The van der Waals surface area contributed by atoms with Crippen LogP contribution in [0.15, 0.2) is 0 Å². The molecule has 20 heavy (non-hydrogen) atoms. The van der Waals surface area contributed by atoms with Crippen LogP contribution in [0.3, 0.4) is 0 Å². The summed E-state index contributed by atoms with van der Waals surface area (Å²) in [6.45, 7) is 12.2. The lowest BCUT2D eigenvalue weighted by Crippen LogP contribution is -2.43. The molecule has 1 saturated heterocycles. The van der Waals surface area contributed by atoms with Crippen LogP contribution in [-0.2, 0) is 0 Å². The third-order valence-corrected chi connectivity index (χ3v) is 6.06. The first-order valence-corrected chi connectivity index (χ1v) is 9.18. The van der Waals surface area contributed by atoms with Gasteiger partial charge in [-0.15, -0.1) is 0 Å². The highest BCUT2D eigenvalue weighted by molar-refractivity contribution is 4.81. The summed E-state index contributed by atoms with van der Waals surface area (Å²) in [4.78, 5) is 2.59. The van der Waals surface area contributed by atoms with E-state index in [1.807, 2.05) is 0 Å². The molecular weight excluding hydrogens is 244 g/mol. The van der Waals surface area contributed by atoms with Gasteiger partial charge in [0, 0.05) is 6.04 Å². The quantitative estimate of drug-likeness (QED) is 0.793. The molecule has 2 nitrogen and oxygen atoms in total. The van der Waals surface area contributed by atoms with Crippen LogP contribution in [0.4, 0.5) is 0 Å². The van der Waals surface area contributed by atoms with E-state index < -0.39 is 0 Å². The molecule has 2 fully saturated rings. The standard InChI is InChI=1S/C18H36N2/c1-4-16-6-8-17(9-7-16)14-19-15(3)18-10-12-20(5-2)13-11-18/h15-19H,4-14H2,1-3H3. The summed E-state index contributed by atoms with van der Waals surface area (Å²) in [6.07, 6.45) is 10.1. The van der Waals surface area contributed by atoms with Crippen molar-refractivity contribution in [3.05, 3.63) is 0 Å². The van der Waals surface area contributed by atoms with Gasteiger partial charge in [0.15, 0.2) is 0 Å². The zero-order valence-corrected chi connectivity index (χ0v) is 14.0. The summed E-state index contributed by atoms with van der Waals surface area (Å²) in [5.74, 6) is 2.89. The summed E-state index contributed by atoms with van der Waals surface area (Å²) in [5, 5.41) is 3.87. The number of nitrogens with zero attached hydrogens (tertiary/aromatic N) is 1. The monoisotopic (exact) mass is 280 g/mol. The molecule has 1 heterocycles. The van der Waals surface area contributed by atoms with Crippen LogP contribution in [0.2, 0.25) is 0 Å². The van der Waals surface area contributed by atoms with Gasteiger partial charge in [-0.2, -0.15) is 0 Å². The molecule has 1 unspecified atom stereocenters. The molecule has 0 aromatic heterocycles. The number of hydrogen-bond acceptors (Lipinski definition) is 2. The maximum absolute atomic E-state index is 3.87. The molecule has 2 heteroatoms. The lowest BCUT2D eigenvalue weighted by molar-refractivity contribution is 0.163. The van der Waals surface area contributed by atoms with E-state index in [1.54, 1.807) is 0 Å². The Morgan fingerprint density at radius 2 is 1.55 bits per heavy atom. The zero-order chi connectivity index (χ0) is 14.4. The predicted molar refractivity (Wildman–Crippen MR) is 88.0 cm³/mol. The summed E-state index contributed by atoms with van der Waals surface area (Å²) < 4.78 is 0. The number of likely N-dealkylation sites (tertiary alicyclic amines) is 1. The fourth-order valence-corrected chi connectivity index (χ4v) is 4.13. The van der Waals surface area contributed by atoms with Crippen molar-refractivity contribution in [2.75, 3.05) is 26.2 Å². The summed E-state index contributed by atoms with van der Waals surface area (Å²) in [7, 11) is 0. The molecule has 1 atom stereocenters. The van der Waals surface area contributed by atoms with E-state index in [2.05, 4.69) is 31.0 Å². The summed E-state index contributed by atoms with van der Waals surface area (Å²) >= 11 is 0. The summed E-state index contributed by atoms with van der Waals surface area (Å²) in [6, 6.07) is 0.720. The highest BCUT2D eigenvalue weighted by atomic mass is 15.1. The van der Waals surface area contributed by atoms with Crippen LogP contribution in [0, 0.1) is 17.8 Å². The molecule has 118 valence electrons. The van der Waals surface area contributed by atoms with Crippen LogP contribution < -0.4 is 5.32 Å². The zero-order valence-electron chi connectivity index (χ0n) is 14.0. The summed E-state index contributed by atoms with van der Waals surface area (Å²) in [5.41, 5.74) is 0. The highest BCUT2D eigenvalue weighted by Gasteiger charge is 2.24. The van der Waals surface area contributed by atoms with Crippen molar-refractivity contribution in [2.24, 2.45) is 17.8 Å². The van der Waals surface area contributed by atoms with E-state index in [1.165, 1.54) is 71.1 Å². The SMILES string of the molecule is CCC1CCC(CNC(C)C2CCN(CC)CC2)CC1. The smallest absolute Gasteiger partial charge is 0.00680 e. The van der Waals surface area contributed by atoms with Gasteiger partial charge in [0.05, 0.1) is 0 Å². The second-order valence-corrected chi connectivity index (χ2v) is 7.26. The topological polar surface area (TPSA) is 15.3 Å². The molecule has 1 N–H and O–H groups in total. The van der Waals surface area contributed by atoms with Gasteiger partial charge < -0.3 is 10.2 Å². The van der Waals surface area contributed by atoms with Crippen molar-refractivity contribution in [1.82, 2.24) is 10.2 Å². The average Bonchev–Trinajstić information content (AvgIpc) is 2.53. The fourth-order valence-electron chi connectivity index (χ4n) is 4.13. The minimum Gasteiger partial charge on any atom is -0.314 e. The van der Waals surface area contributed by atoms with E-state index >= 15 is 0 Å². The Hall–Kier alpha value is -0.0800. The van der Waals surface area contributed by atoms with Crippen molar-refractivity contribution >= 4 is 0 Å². The molecule has 2 rings (SSSR count). The van der Waals surface area contributed by atoms with Crippen LogP contribution >= 0.6 is 0 Å². The van der Waals surface area contributed by atoms with Crippen LogP contribution in [0.5, 0.6) is 0 Å². The number of hydrogen-bond donors (Lipinski definition) is 1. The molecule has 1 saturated carbocycles. The van der Waals surface area contributed by atoms with Gasteiger partial charge >= 0.3 is 0 Å². The van der Waals surface area contributed by atoms with E-state index in [0.717, 1.165) is 23.8 Å². The molecule has 0 amide bonds. The molecule has 0 aromatic rings. The number of nitrogens with one attached hydrogen (secondary N) is 1. The van der Waals surface area contributed by atoms with Crippen molar-refractivity contribution in [2.45, 2.75) is 71.8 Å². The molecule has 2 aliphatic rings. The van der Waals surface area contributed by atoms with Gasteiger partial charge in [0.2, 0.25) is 0 Å². The Morgan fingerprint density at radius 3 is 2.10 bits per heavy atom. The average molecular weight is 280 g/mol. The first-order chi connectivity index (χ1) is 9.72. The molecule has 0 aromatic carbocycles. The van der Waals surface area contributed by atoms with Crippen molar-refractivity contribution < 1.29 is 0 Å². The molecular formula is C18H36N2. The molecule has 0 radical (unpaired) electrons. The Kier molecular flexibility index (Phi) is 6.83. The Morgan fingerprint density at radius 1 is 0.950 bits per heavy atom. The maximum atomic E-state index is 3.87. The molecule has 1 aliphatic carbocycles. The number of rotatable bonds is 6. The Labute approximate surface area is 126 Å². The van der Waals surface area contributed by atoms with Gasteiger partial charge in [-0.25, -0.2) is 0 Å². The largest absolute Gasteiger partial charge is 0.314 e. The third-order valence-electron chi connectivity index (χ3n) is 6.06. The predicted octanol–water partition coefficient (Wildman–Crippen LogP) is 3.91. The molecule has 0 bridgehead atoms. The lowest BCUT2D eigenvalue weighted by atomic mass is 9.80. The van der Waals surface area contributed by atoms with E-state index in [4.69, 9.17) is 0 Å². The Bertz CT molecular complexity index is 250. The second kappa shape index (κ2) is 8.38. The van der Waals surface area contributed by atoms with Crippen LogP contribution in [0.25, 0.3) is 0 Å². The first kappa shape index (κ1) is 16.3. The third kappa shape index (κ3) is 4.73. The van der Waals surface area contributed by atoms with Gasteiger partial charge in [-0.1, -0.05) is 33.1 Å². The van der Waals surface area contributed by atoms with E-state index in [9.17, 15) is 0 Å². The molecule has 1 aliphatic heterocycles. The van der Waals surface area contributed by atoms with Crippen molar-refractivity contribution in [3.63, 3.8) is 0 Å². The second-order valence-electron chi connectivity index (χ2n) is 7.26. The number of piperidine rings is 1. The minimum atomic E-state index is 0.720. The highest BCUT2D eigenvalue weighted by Crippen LogP contribution is 2.30.